The standard InChI is InChI=1S/C36H43N5O4S/c1-6-8-12-28-15-17-29(18-16-28)38-36(43)34(35(42)32-25-41(24-27(32)4)30-13-10-9-11-14-30)39-33-20-19-31(23-26(33)3)40(7-2)22-21-37-46(5,44)45/h9-11,13-20,23-25,37H,6-8,12,21-22H2,1-5H3,(H,38,43). The summed E-state index contributed by atoms with van der Waals surface area (Å²) in [4.78, 5) is 34.6. The number of hydrogen-bond donors (Lipinski definition) is 2. The molecule has 242 valence electrons. The van der Waals surface area contributed by atoms with Gasteiger partial charge in [-0.25, -0.2) is 18.1 Å². The van der Waals surface area contributed by atoms with Crippen LogP contribution in [0, 0.1) is 13.8 Å². The SMILES string of the molecule is CCCCc1ccc(NC(=O)C(=Nc2ccc(N(CC)CCNS(C)(=O)=O)cc2C)C(=O)c2cn(-c3ccccc3)cc2C)cc1. The number of sulfonamides is 1. The molecule has 4 rings (SSSR count). The number of hydrogen-bond acceptors (Lipinski definition) is 6. The third-order valence-corrected chi connectivity index (χ3v) is 8.42. The molecule has 0 saturated carbocycles. The molecule has 0 bridgehead atoms. The predicted octanol–water partition coefficient (Wildman–Crippen LogP) is 6.41. The Morgan fingerprint density at radius 3 is 2.26 bits per heavy atom. The number of carbonyl (C=O) groups excluding carboxylic acids is 2. The highest BCUT2D eigenvalue weighted by atomic mass is 32.2. The van der Waals surface area contributed by atoms with Crippen molar-refractivity contribution in [2.24, 2.45) is 4.99 Å². The largest absolute Gasteiger partial charge is 0.370 e. The minimum atomic E-state index is -3.29. The fourth-order valence-corrected chi connectivity index (χ4v) is 5.58. The van der Waals surface area contributed by atoms with Crippen LogP contribution in [-0.2, 0) is 21.2 Å². The van der Waals surface area contributed by atoms with E-state index in [2.05, 4.69) is 22.0 Å². The van der Waals surface area contributed by atoms with Crippen LogP contribution in [0.15, 0.2) is 90.2 Å². The van der Waals surface area contributed by atoms with Crippen molar-refractivity contribution in [1.82, 2.24) is 9.29 Å². The smallest absolute Gasteiger partial charge is 0.278 e. The highest BCUT2D eigenvalue weighted by Gasteiger charge is 2.26. The summed E-state index contributed by atoms with van der Waals surface area (Å²) in [5.41, 5.74) is 5.70. The van der Waals surface area contributed by atoms with Crippen LogP contribution in [0.25, 0.3) is 5.69 Å². The van der Waals surface area contributed by atoms with Crippen LogP contribution in [0.2, 0.25) is 0 Å². The van der Waals surface area contributed by atoms with Crippen molar-refractivity contribution in [2.45, 2.75) is 47.0 Å². The second-order valence-corrected chi connectivity index (χ2v) is 13.2. The average Bonchev–Trinajstić information content (AvgIpc) is 3.43. The topological polar surface area (TPSA) is 113 Å². The van der Waals surface area contributed by atoms with Crippen molar-refractivity contribution >= 4 is 44.5 Å². The number of ketones is 1. The quantitative estimate of drug-likeness (QED) is 0.0886. The third-order valence-electron chi connectivity index (χ3n) is 7.69. The first-order chi connectivity index (χ1) is 22.0. The molecule has 0 radical (unpaired) electrons. The van der Waals surface area contributed by atoms with E-state index in [-0.39, 0.29) is 12.3 Å². The van der Waals surface area contributed by atoms with Crippen LogP contribution >= 0.6 is 0 Å². The van der Waals surface area contributed by atoms with Crippen molar-refractivity contribution in [3.63, 3.8) is 0 Å². The maximum atomic E-state index is 14.1. The minimum absolute atomic E-state index is 0.218. The number of anilines is 2. The Morgan fingerprint density at radius 1 is 0.913 bits per heavy atom. The lowest BCUT2D eigenvalue weighted by atomic mass is 10.0. The first-order valence-corrected chi connectivity index (χ1v) is 17.5. The number of unbranched alkanes of at least 4 members (excludes halogenated alkanes) is 1. The fourth-order valence-electron chi connectivity index (χ4n) is 5.12. The van der Waals surface area contributed by atoms with E-state index in [0.717, 1.165) is 48.0 Å². The van der Waals surface area contributed by atoms with Crippen molar-refractivity contribution in [2.75, 3.05) is 36.1 Å². The van der Waals surface area contributed by atoms with Gasteiger partial charge in [-0.2, -0.15) is 0 Å². The number of Topliss-reactive ketones (excluding diaryl/α,β-unsaturated/α-hetero) is 1. The monoisotopic (exact) mass is 641 g/mol. The highest BCUT2D eigenvalue weighted by molar-refractivity contribution is 7.88. The van der Waals surface area contributed by atoms with Crippen molar-refractivity contribution in [1.29, 1.82) is 0 Å². The number of para-hydroxylation sites is 1. The predicted molar refractivity (Wildman–Crippen MR) is 188 cm³/mol. The van der Waals surface area contributed by atoms with Gasteiger partial charge in [-0.1, -0.05) is 43.7 Å². The number of rotatable bonds is 15. The van der Waals surface area contributed by atoms with Gasteiger partial charge in [0.05, 0.1) is 11.9 Å². The maximum absolute atomic E-state index is 14.1. The summed E-state index contributed by atoms with van der Waals surface area (Å²) >= 11 is 0. The summed E-state index contributed by atoms with van der Waals surface area (Å²) in [7, 11) is -3.29. The van der Waals surface area contributed by atoms with Crippen LogP contribution < -0.4 is 14.9 Å². The van der Waals surface area contributed by atoms with E-state index in [1.165, 1.54) is 5.56 Å². The molecule has 0 aliphatic rings. The Balaban J connectivity index is 1.67. The van der Waals surface area contributed by atoms with Crippen molar-refractivity contribution in [3.8, 4) is 5.69 Å². The van der Waals surface area contributed by atoms with Gasteiger partial charge in [0.2, 0.25) is 15.8 Å². The number of aryl methyl sites for hydroxylation is 3. The zero-order valence-electron chi connectivity index (χ0n) is 27.2. The maximum Gasteiger partial charge on any atom is 0.278 e. The molecule has 0 spiro atoms. The molecule has 0 aliphatic carbocycles. The van der Waals surface area contributed by atoms with E-state index in [0.29, 0.717) is 30.0 Å². The molecule has 1 amide bonds. The van der Waals surface area contributed by atoms with Gasteiger partial charge in [-0.15, -0.1) is 0 Å². The van der Waals surface area contributed by atoms with E-state index in [1.54, 1.807) is 12.3 Å². The summed E-state index contributed by atoms with van der Waals surface area (Å²) < 4.78 is 27.4. The van der Waals surface area contributed by atoms with Crippen LogP contribution in [-0.4, -0.2) is 56.3 Å². The number of nitrogens with one attached hydrogen (secondary N) is 2. The molecule has 0 aliphatic heterocycles. The van der Waals surface area contributed by atoms with Gasteiger partial charge in [0, 0.05) is 54.7 Å². The summed E-state index contributed by atoms with van der Waals surface area (Å²) in [6.45, 7) is 9.26. The van der Waals surface area contributed by atoms with Crippen molar-refractivity contribution < 1.29 is 18.0 Å². The van der Waals surface area contributed by atoms with Crippen LogP contribution in [0.5, 0.6) is 0 Å². The third kappa shape index (κ3) is 9.24. The molecule has 2 N–H and O–H groups in total. The van der Waals surface area contributed by atoms with Gasteiger partial charge < -0.3 is 14.8 Å². The first-order valence-electron chi connectivity index (χ1n) is 15.6. The number of aliphatic imine (C=N–C) groups is 1. The summed E-state index contributed by atoms with van der Waals surface area (Å²) in [6.07, 6.45) is 7.89. The molecule has 10 heteroatoms. The lowest BCUT2D eigenvalue weighted by Crippen LogP contribution is -2.34. The van der Waals surface area contributed by atoms with Gasteiger partial charge in [-0.05, 0) is 92.8 Å². The Bertz CT molecular complexity index is 1800. The number of likely N-dealkylation sites (N-methyl/N-ethyl adjacent to an activating group) is 1. The number of aromatic nitrogens is 1. The Labute approximate surface area is 272 Å². The second kappa shape index (κ2) is 15.6. The lowest BCUT2D eigenvalue weighted by molar-refractivity contribution is -0.110. The molecule has 46 heavy (non-hydrogen) atoms. The van der Waals surface area contributed by atoms with Crippen LogP contribution in [0.4, 0.5) is 17.1 Å². The second-order valence-electron chi connectivity index (χ2n) is 11.4. The summed E-state index contributed by atoms with van der Waals surface area (Å²) in [6, 6.07) is 22.9. The van der Waals surface area contributed by atoms with Crippen LogP contribution in [0.3, 0.4) is 0 Å². The van der Waals surface area contributed by atoms with Gasteiger partial charge in [0.15, 0.2) is 5.71 Å². The van der Waals surface area contributed by atoms with E-state index >= 15 is 0 Å². The molecular weight excluding hydrogens is 598 g/mol. The average molecular weight is 642 g/mol. The fraction of sp³-hybridized carbons (Fsp3) is 0.306. The Morgan fingerprint density at radius 2 is 1.63 bits per heavy atom. The lowest BCUT2D eigenvalue weighted by Gasteiger charge is -2.24. The number of carbonyl (C=O) groups is 2. The minimum Gasteiger partial charge on any atom is -0.370 e. The molecule has 0 atom stereocenters. The molecule has 1 heterocycles. The molecule has 0 saturated heterocycles. The molecular formula is C36H43N5O4S. The summed E-state index contributed by atoms with van der Waals surface area (Å²) in [5, 5.41) is 2.89. The van der Waals surface area contributed by atoms with Gasteiger partial charge in [0.25, 0.3) is 5.91 Å². The number of benzene rings is 3. The number of amides is 1. The molecule has 9 nitrogen and oxygen atoms in total. The zero-order valence-corrected chi connectivity index (χ0v) is 28.0. The van der Waals surface area contributed by atoms with Gasteiger partial charge in [0.1, 0.15) is 0 Å². The Kier molecular flexibility index (Phi) is 11.7. The van der Waals surface area contributed by atoms with Crippen molar-refractivity contribution in [3.05, 3.63) is 107 Å². The molecule has 0 fully saturated rings. The zero-order chi connectivity index (χ0) is 33.3. The van der Waals surface area contributed by atoms with Gasteiger partial charge in [-0.3, -0.25) is 9.59 Å². The van der Waals surface area contributed by atoms with E-state index < -0.39 is 21.7 Å². The van der Waals surface area contributed by atoms with Gasteiger partial charge >= 0.3 is 0 Å². The number of nitrogens with zero attached hydrogens (tertiary/aromatic N) is 3. The molecule has 1 aromatic heterocycles. The normalized spacial score (nSPS) is 11.8. The van der Waals surface area contributed by atoms with E-state index in [9.17, 15) is 18.0 Å². The first kappa shape index (κ1) is 34.3. The summed E-state index contributed by atoms with van der Waals surface area (Å²) in [5.74, 6) is -1.07. The molecule has 0 unspecified atom stereocenters. The molecule has 3 aromatic carbocycles. The Hall–Kier alpha value is -4.54. The highest BCUT2D eigenvalue weighted by Crippen LogP contribution is 2.26. The molecule has 4 aromatic rings. The van der Waals surface area contributed by atoms with Crippen LogP contribution in [0.1, 0.15) is 53.7 Å². The van der Waals surface area contributed by atoms with E-state index in [1.807, 2.05) is 103 Å². The van der Waals surface area contributed by atoms with E-state index in [4.69, 9.17) is 0 Å².